The normalized spacial score (nSPS) is 0. The molecule has 0 fully saturated rings. The van der Waals surface area contributed by atoms with Gasteiger partial charge in [0.2, 0.25) is 0 Å². The van der Waals surface area contributed by atoms with Crippen molar-refractivity contribution in [3.05, 3.63) is 0 Å². The Kier molecular flexibility index (Phi) is 858. The molecule has 1 nitrogen and oxygen atoms in total. The van der Waals surface area contributed by atoms with Crippen LogP contribution in [-0.4, -0.2) is 24.9 Å². The molecule has 0 unspecified atom stereocenters. The molecule has 0 bridgehead atoms. The van der Waals surface area contributed by atoms with Crippen LogP contribution in [0.25, 0.3) is 0 Å². The zero-order valence-electron chi connectivity index (χ0n) is 1.99. The van der Waals surface area contributed by atoms with Gasteiger partial charge in [0, 0.05) is 40.4 Å². The van der Waals surface area contributed by atoms with Crippen molar-refractivity contribution in [3.8, 4) is 0 Å². The van der Waals surface area contributed by atoms with Crippen molar-refractivity contribution in [1.29, 1.82) is 0 Å². The van der Waals surface area contributed by atoms with E-state index in [-0.39, 0.29) is 45.9 Å². The molecule has 0 aromatic rings. The van der Waals surface area contributed by atoms with Crippen LogP contribution in [0.15, 0.2) is 0 Å². The van der Waals surface area contributed by atoms with Crippen LogP contribution in [0.1, 0.15) is 0 Å². The van der Waals surface area contributed by atoms with E-state index in [1.165, 1.54) is 0 Å². The summed E-state index contributed by atoms with van der Waals surface area (Å²) in [5, 5.41) is 0. The zero-order valence-corrected chi connectivity index (χ0v) is 4.99. The molecule has 0 atom stereocenters. The van der Waals surface area contributed by atoms with Crippen LogP contribution in [-0.2, 0) is 21.1 Å². The average molecular weight is 153 g/mol. The molecule has 4 heteroatoms. The molecule has 0 spiro atoms. The predicted octanol–water partition coefficient (Wildman–Crippen LogP) is -1.59. The fraction of sp³-hybridized carbons (Fsp3) is 0. The van der Waals surface area contributed by atoms with Crippen molar-refractivity contribution < 1.29 is 26.5 Å². The van der Waals surface area contributed by atoms with Crippen LogP contribution in [0, 0.1) is 0 Å². The van der Waals surface area contributed by atoms with Gasteiger partial charge >= 0.3 is 0 Å². The molecule has 21 valence electrons. The quantitative estimate of drug-likeness (QED) is 0.375. The van der Waals surface area contributed by atoms with Crippen LogP contribution < -0.4 is 0 Å². The monoisotopic (exact) mass is 155 g/mol. The van der Waals surface area contributed by atoms with Gasteiger partial charge in [0.1, 0.15) is 0 Å². The molecule has 0 amide bonds. The predicted molar refractivity (Wildman–Crippen MR) is 15.1 cm³/mol. The molecular weight excluding hydrogens is 151 g/mol. The Morgan fingerprint density at radius 1 is 1.00 bits per heavy atom. The summed E-state index contributed by atoms with van der Waals surface area (Å²) in [5.41, 5.74) is 0. The molecule has 0 rings (SSSR count). The van der Waals surface area contributed by atoms with Gasteiger partial charge < -0.3 is 5.48 Å². The van der Waals surface area contributed by atoms with Crippen LogP contribution in [0.2, 0.25) is 0 Å². The van der Waals surface area contributed by atoms with E-state index >= 15 is 0 Å². The third-order valence-electron chi connectivity index (χ3n) is 0. The summed E-state index contributed by atoms with van der Waals surface area (Å²) in [4.78, 5) is 0. The minimum absolute atomic E-state index is 0. The molecule has 0 heterocycles. The molecule has 0 aliphatic heterocycles. The van der Waals surface area contributed by atoms with Crippen LogP contribution >= 0.6 is 0 Å². The molecule has 0 aromatic heterocycles. The summed E-state index contributed by atoms with van der Waals surface area (Å²) in [6.45, 7) is 0. The fourth-order valence-corrected chi connectivity index (χ4v) is 0. The van der Waals surface area contributed by atoms with Gasteiger partial charge in [-0.25, -0.2) is 0 Å². The second kappa shape index (κ2) is 39.0. The molecule has 0 aliphatic carbocycles. The van der Waals surface area contributed by atoms with Gasteiger partial charge in [0.25, 0.3) is 0 Å². The minimum Gasteiger partial charge on any atom is -0.412 e. The molecule has 2 N–H and O–H groups in total. The largest absolute Gasteiger partial charge is 0.412 e. The van der Waals surface area contributed by atoms with Crippen molar-refractivity contribution in [1.82, 2.24) is 0 Å². The third kappa shape index (κ3) is 12.6. The summed E-state index contributed by atoms with van der Waals surface area (Å²) in [6, 6.07) is 0. The molecular formula is H2BMoOSi. The van der Waals surface area contributed by atoms with Gasteiger partial charge in [-0.2, -0.15) is 0 Å². The summed E-state index contributed by atoms with van der Waals surface area (Å²) >= 11 is 0. The Labute approximate surface area is 46.3 Å². The van der Waals surface area contributed by atoms with E-state index in [4.69, 9.17) is 0 Å². The van der Waals surface area contributed by atoms with Gasteiger partial charge in [-0.1, -0.05) is 0 Å². The summed E-state index contributed by atoms with van der Waals surface area (Å²) in [7, 11) is 0. The summed E-state index contributed by atoms with van der Waals surface area (Å²) in [5.74, 6) is 0. The van der Waals surface area contributed by atoms with Crippen molar-refractivity contribution in [2.24, 2.45) is 0 Å². The zero-order chi connectivity index (χ0) is 0. The number of rotatable bonds is 0. The van der Waals surface area contributed by atoms with E-state index < -0.39 is 0 Å². The second-order valence-corrected chi connectivity index (χ2v) is 0. The van der Waals surface area contributed by atoms with E-state index in [2.05, 4.69) is 0 Å². The van der Waals surface area contributed by atoms with E-state index in [0.717, 1.165) is 0 Å². The van der Waals surface area contributed by atoms with E-state index in [9.17, 15) is 0 Å². The van der Waals surface area contributed by atoms with Gasteiger partial charge in [-0.05, 0) is 0 Å². The molecule has 0 saturated carbocycles. The first-order valence-corrected chi connectivity index (χ1v) is 0. The van der Waals surface area contributed by atoms with Crippen LogP contribution in [0.3, 0.4) is 0 Å². The topological polar surface area (TPSA) is 31.5 Å². The van der Waals surface area contributed by atoms with E-state index in [1.807, 2.05) is 0 Å². The Morgan fingerprint density at radius 3 is 1.00 bits per heavy atom. The Hall–Kier alpha value is 0.930. The molecule has 4 heavy (non-hydrogen) atoms. The fourth-order valence-electron chi connectivity index (χ4n) is 0. The van der Waals surface area contributed by atoms with Gasteiger partial charge in [-0.3, -0.25) is 0 Å². The maximum atomic E-state index is 0. The minimum atomic E-state index is 0. The SMILES string of the molecule is O.[B].[Mo].[Si]. The first kappa shape index (κ1) is 88.0. The standard InChI is InChI=1S/B.Mo.H2O.Si/h;;1H2;. The first-order chi connectivity index (χ1) is 0. The molecule has 0 aromatic carbocycles. The third-order valence-corrected chi connectivity index (χ3v) is 0. The van der Waals surface area contributed by atoms with E-state index in [0.29, 0.717) is 0 Å². The maximum Gasteiger partial charge on any atom is 0 e. The van der Waals surface area contributed by atoms with Crippen molar-refractivity contribution >= 4 is 19.4 Å². The van der Waals surface area contributed by atoms with Gasteiger partial charge in [-0.15, -0.1) is 0 Å². The molecule has 0 aliphatic rings. The molecule has 0 saturated heterocycles. The second-order valence-electron chi connectivity index (χ2n) is 0. The Balaban J connectivity index is 0. The Morgan fingerprint density at radius 2 is 1.00 bits per heavy atom. The number of hydrogen-bond acceptors (Lipinski definition) is 0. The van der Waals surface area contributed by atoms with Crippen LogP contribution in [0.4, 0.5) is 0 Å². The average Bonchev–Trinajstić information content (AvgIpc) is 0. The van der Waals surface area contributed by atoms with Gasteiger partial charge in [0.05, 0.1) is 0 Å². The summed E-state index contributed by atoms with van der Waals surface area (Å²) in [6.07, 6.45) is 0. The van der Waals surface area contributed by atoms with E-state index in [1.54, 1.807) is 0 Å². The van der Waals surface area contributed by atoms with Crippen LogP contribution in [0.5, 0.6) is 0 Å². The van der Waals surface area contributed by atoms with Crippen molar-refractivity contribution in [2.75, 3.05) is 0 Å². The summed E-state index contributed by atoms with van der Waals surface area (Å²) < 4.78 is 0. The Bertz CT molecular complexity index is 8.00. The maximum absolute atomic E-state index is 0. The van der Waals surface area contributed by atoms with Gasteiger partial charge in [0.15, 0.2) is 0 Å². The smallest absolute Gasteiger partial charge is 0 e. The molecule has 7 radical (unpaired) electrons. The van der Waals surface area contributed by atoms with Crippen molar-refractivity contribution in [2.45, 2.75) is 0 Å². The number of hydrogen-bond donors (Lipinski definition) is 0. The first-order valence-electron chi connectivity index (χ1n) is 0. The van der Waals surface area contributed by atoms with Crippen molar-refractivity contribution in [3.63, 3.8) is 0 Å².